The maximum absolute atomic E-state index is 11.5. The molecule has 0 aliphatic rings. The highest BCUT2D eigenvalue weighted by atomic mass is 32.1. The van der Waals surface area contributed by atoms with Crippen molar-refractivity contribution in [3.63, 3.8) is 0 Å². The van der Waals surface area contributed by atoms with Crippen LogP contribution >= 0.6 is 11.3 Å². The fraction of sp³-hybridized carbons (Fsp3) is 0.0526. The van der Waals surface area contributed by atoms with Crippen LogP contribution in [0.4, 0.5) is 5.69 Å². The number of thiazole rings is 1. The summed E-state index contributed by atoms with van der Waals surface area (Å²) in [5.41, 5.74) is 1.86. The predicted octanol–water partition coefficient (Wildman–Crippen LogP) is 4.25. The molecular weight excluding hydrogens is 382 g/mol. The zero-order chi connectivity index (χ0) is 19.7. The lowest BCUT2D eigenvalue weighted by molar-refractivity contribution is -0.385. The Bertz CT molecular complexity index is 1180. The molecule has 8 nitrogen and oxygen atoms in total. The Morgan fingerprint density at radius 3 is 2.75 bits per heavy atom. The number of nitro benzene ring substituents is 1. The van der Waals surface area contributed by atoms with Crippen molar-refractivity contribution in [2.75, 3.05) is 0 Å². The molecule has 0 bridgehead atoms. The van der Waals surface area contributed by atoms with Gasteiger partial charge in [-0.2, -0.15) is 0 Å². The van der Waals surface area contributed by atoms with Gasteiger partial charge in [0.15, 0.2) is 16.4 Å². The molecule has 0 amide bonds. The Kier molecular flexibility index (Phi) is 4.50. The van der Waals surface area contributed by atoms with Gasteiger partial charge in [-0.15, -0.1) is 11.3 Å². The second-order valence-corrected chi connectivity index (χ2v) is 6.76. The van der Waals surface area contributed by atoms with Crippen molar-refractivity contribution in [3.8, 4) is 17.0 Å². The van der Waals surface area contributed by atoms with Crippen LogP contribution in [-0.4, -0.2) is 25.4 Å². The van der Waals surface area contributed by atoms with Crippen LogP contribution in [0.15, 0.2) is 60.1 Å². The fourth-order valence-electron chi connectivity index (χ4n) is 2.77. The van der Waals surface area contributed by atoms with Crippen molar-refractivity contribution in [2.24, 2.45) is 0 Å². The zero-order valence-electron chi connectivity index (χ0n) is 14.3. The summed E-state index contributed by atoms with van der Waals surface area (Å²) in [5, 5.41) is 22.4. The van der Waals surface area contributed by atoms with Gasteiger partial charge in [-0.3, -0.25) is 14.5 Å². The van der Waals surface area contributed by atoms with E-state index in [4.69, 9.17) is 9.84 Å². The molecule has 4 rings (SSSR count). The number of aromatic carboxylic acids is 1. The van der Waals surface area contributed by atoms with Crippen LogP contribution in [-0.2, 0) is 6.61 Å². The van der Waals surface area contributed by atoms with Crippen LogP contribution in [0.25, 0.3) is 16.2 Å². The Morgan fingerprint density at radius 2 is 2.04 bits per heavy atom. The van der Waals surface area contributed by atoms with Crippen molar-refractivity contribution in [3.05, 3.63) is 81.5 Å². The molecule has 0 aliphatic carbocycles. The van der Waals surface area contributed by atoms with Gasteiger partial charge in [0, 0.05) is 23.2 Å². The fourth-order valence-corrected chi connectivity index (χ4v) is 3.65. The average Bonchev–Trinajstić information content (AvgIpc) is 3.28. The van der Waals surface area contributed by atoms with Crippen molar-refractivity contribution in [1.82, 2.24) is 9.38 Å². The van der Waals surface area contributed by atoms with Gasteiger partial charge in [-0.1, -0.05) is 30.3 Å². The van der Waals surface area contributed by atoms with Gasteiger partial charge >= 0.3 is 11.7 Å². The van der Waals surface area contributed by atoms with E-state index in [9.17, 15) is 14.9 Å². The van der Waals surface area contributed by atoms with E-state index in [0.717, 1.165) is 5.56 Å². The van der Waals surface area contributed by atoms with E-state index in [-0.39, 0.29) is 23.7 Å². The van der Waals surface area contributed by atoms with E-state index >= 15 is 0 Å². The first-order valence-corrected chi connectivity index (χ1v) is 9.06. The second kappa shape index (κ2) is 7.12. The van der Waals surface area contributed by atoms with E-state index in [1.165, 1.54) is 23.6 Å². The number of carbonyl (C=O) groups is 1. The minimum absolute atomic E-state index is 0.0783. The summed E-state index contributed by atoms with van der Waals surface area (Å²) in [6, 6.07) is 14.0. The smallest absolute Gasteiger partial charge is 0.356 e. The molecule has 0 radical (unpaired) electrons. The number of nitro groups is 1. The standard InChI is InChI=1S/C19H13N3O5S/c23-18(24)14-9-21-16(11-28-19(21)20-14)13-6-7-17(15(8-13)22(25)26)27-10-12-4-2-1-3-5-12/h1-9,11H,10H2,(H,23,24). The van der Waals surface area contributed by atoms with Crippen LogP contribution in [0.3, 0.4) is 0 Å². The van der Waals surface area contributed by atoms with E-state index in [0.29, 0.717) is 16.2 Å². The molecule has 0 saturated heterocycles. The third kappa shape index (κ3) is 3.30. The largest absolute Gasteiger partial charge is 0.482 e. The number of rotatable bonds is 6. The van der Waals surface area contributed by atoms with Gasteiger partial charge in [-0.25, -0.2) is 9.78 Å². The molecule has 0 atom stereocenters. The molecule has 9 heteroatoms. The van der Waals surface area contributed by atoms with Crippen LogP contribution in [0.2, 0.25) is 0 Å². The number of fused-ring (bicyclic) bond motifs is 1. The molecule has 0 spiro atoms. The molecule has 0 fully saturated rings. The van der Waals surface area contributed by atoms with Crippen LogP contribution in [0.5, 0.6) is 5.75 Å². The van der Waals surface area contributed by atoms with Crippen LogP contribution < -0.4 is 4.74 Å². The minimum atomic E-state index is -1.13. The Labute approximate surface area is 162 Å². The zero-order valence-corrected chi connectivity index (χ0v) is 15.1. The summed E-state index contributed by atoms with van der Waals surface area (Å²) in [6.45, 7) is 0.215. The molecule has 0 saturated carbocycles. The molecule has 1 N–H and O–H groups in total. The molecule has 2 heterocycles. The first-order chi connectivity index (χ1) is 13.5. The number of ether oxygens (including phenoxy) is 1. The lowest BCUT2D eigenvalue weighted by Gasteiger charge is -2.08. The summed E-state index contributed by atoms with van der Waals surface area (Å²) >= 11 is 1.26. The summed E-state index contributed by atoms with van der Waals surface area (Å²) in [5.74, 6) is -0.960. The Morgan fingerprint density at radius 1 is 1.25 bits per heavy atom. The number of hydrogen-bond acceptors (Lipinski definition) is 6. The van der Waals surface area contributed by atoms with Gasteiger partial charge in [0.1, 0.15) is 6.61 Å². The highest BCUT2D eigenvalue weighted by Gasteiger charge is 2.19. The minimum Gasteiger partial charge on any atom is -0.482 e. The van der Waals surface area contributed by atoms with E-state index in [1.54, 1.807) is 21.9 Å². The number of carboxylic acids is 1. The van der Waals surface area contributed by atoms with E-state index in [1.807, 2.05) is 30.3 Å². The van der Waals surface area contributed by atoms with E-state index < -0.39 is 10.9 Å². The van der Waals surface area contributed by atoms with Gasteiger partial charge in [0.2, 0.25) is 0 Å². The lowest BCUT2D eigenvalue weighted by Crippen LogP contribution is -1.99. The predicted molar refractivity (Wildman–Crippen MR) is 103 cm³/mol. The Balaban J connectivity index is 1.68. The number of carboxylic acid groups (broad SMARTS) is 1. The molecule has 4 aromatic rings. The normalized spacial score (nSPS) is 10.9. The topological polar surface area (TPSA) is 107 Å². The number of nitrogens with zero attached hydrogens (tertiary/aromatic N) is 3. The first-order valence-electron chi connectivity index (χ1n) is 8.18. The summed E-state index contributed by atoms with van der Waals surface area (Å²) in [6.07, 6.45) is 1.40. The van der Waals surface area contributed by atoms with Gasteiger partial charge in [0.25, 0.3) is 0 Å². The van der Waals surface area contributed by atoms with Crippen LogP contribution in [0, 0.1) is 10.1 Å². The van der Waals surface area contributed by atoms with Gasteiger partial charge < -0.3 is 9.84 Å². The molecule has 28 heavy (non-hydrogen) atoms. The molecule has 2 aromatic carbocycles. The highest BCUT2D eigenvalue weighted by molar-refractivity contribution is 7.15. The maximum atomic E-state index is 11.5. The van der Waals surface area contributed by atoms with Crippen molar-refractivity contribution in [1.29, 1.82) is 0 Å². The molecule has 0 aliphatic heterocycles. The maximum Gasteiger partial charge on any atom is 0.356 e. The molecule has 2 aromatic heterocycles. The number of benzene rings is 2. The Hall–Kier alpha value is -3.72. The summed E-state index contributed by atoms with van der Waals surface area (Å²) < 4.78 is 7.25. The first kappa shape index (κ1) is 17.7. The molecule has 0 unspecified atom stereocenters. The monoisotopic (exact) mass is 395 g/mol. The second-order valence-electron chi connectivity index (χ2n) is 5.92. The molecule has 140 valence electrons. The number of hydrogen-bond donors (Lipinski definition) is 1. The van der Waals surface area contributed by atoms with E-state index in [2.05, 4.69) is 4.98 Å². The van der Waals surface area contributed by atoms with Crippen molar-refractivity contribution < 1.29 is 19.6 Å². The van der Waals surface area contributed by atoms with Gasteiger partial charge in [-0.05, 0) is 17.7 Å². The van der Waals surface area contributed by atoms with Crippen LogP contribution in [0.1, 0.15) is 16.1 Å². The lowest BCUT2D eigenvalue weighted by atomic mass is 10.1. The average molecular weight is 395 g/mol. The summed E-state index contributed by atoms with van der Waals surface area (Å²) in [7, 11) is 0. The molecular formula is C19H13N3O5S. The number of aromatic nitrogens is 2. The number of imidazole rings is 1. The SMILES string of the molecule is O=C(O)c1cn2c(-c3ccc(OCc4ccccc4)c([N+](=O)[O-])c3)csc2n1. The third-order valence-electron chi connectivity index (χ3n) is 4.12. The quantitative estimate of drug-likeness (QED) is 0.386. The van der Waals surface area contributed by atoms with Crippen molar-refractivity contribution in [2.45, 2.75) is 6.61 Å². The van der Waals surface area contributed by atoms with Crippen molar-refractivity contribution >= 4 is 28.0 Å². The summed E-state index contributed by atoms with van der Waals surface area (Å²) in [4.78, 5) is 26.7. The highest BCUT2D eigenvalue weighted by Crippen LogP contribution is 2.34. The third-order valence-corrected chi connectivity index (χ3v) is 4.96. The van der Waals surface area contributed by atoms with Gasteiger partial charge in [0.05, 0.1) is 10.6 Å².